The average molecular weight is 156 g/mol. The summed E-state index contributed by atoms with van der Waals surface area (Å²) in [4.78, 5) is 20.3. The van der Waals surface area contributed by atoms with Gasteiger partial charge in [-0.15, -0.1) is 0 Å². The molecule has 0 saturated carbocycles. The number of rotatable bonds is 2. The summed E-state index contributed by atoms with van der Waals surface area (Å²) in [5.41, 5.74) is 0.533. The molecule has 1 aromatic carbocycles. The normalized spacial score (nSPS) is 8.33. The predicted octanol–water partition coefficient (Wildman–Crippen LogP) is -3.13. The van der Waals surface area contributed by atoms with Crippen molar-refractivity contribution in [1.82, 2.24) is 0 Å². The van der Waals surface area contributed by atoms with Gasteiger partial charge in [0.05, 0.1) is 5.97 Å². The van der Waals surface area contributed by atoms with Crippen molar-refractivity contribution in [3.8, 4) is 0 Å². The van der Waals surface area contributed by atoms with Gasteiger partial charge in [-0.2, -0.15) is 0 Å². The van der Waals surface area contributed by atoms with Crippen LogP contribution in [0.3, 0.4) is 0 Å². The van der Waals surface area contributed by atoms with Crippen LogP contribution in [0.15, 0.2) is 24.3 Å². The molecule has 1 rings (SSSR count). The fourth-order valence-electron chi connectivity index (χ4n) is 0.698. The van der Waals surface area contributed by atoms with E-state index in [4.69, 9.17) is 0 Å². The van der Waals surface area contributed by atoms with Crippen molar-refractivity contribution in [3.63, 3.8) is 0 Å². The van der Waals surface area contributed by atoms with Gasteiger partial charge in [-0.25, -0.2) is 0 Å². The first kappa shape index (κ1) is 11.0. The summed E-state index contributed by atoms with van der Waals surface area (Å²) in [5, 5.41) is 10.2. The van der Waals surface area contributed by atoms with Gasteiger partial charge in [-0.1, -0.05) is 24.3 Å². The van der Waals surface area contributed by atoms with Crippen LogP contribution in [0.1, 0.15) is 20.7 Å². The molecule has 0 amide bonds. The predicted molar refractivity (Wildman–Crippen MR) is 36.2 cm³/mol. The molecule has 0 spiro atoms. The van der Waals surface area contributed by atoms with Gasteiger partial charge in [0.15, 0.2) is 0 Å². The minimum Gasteiger partial charge on any atom is -0.545 e. The maximum atomic E-state index is 10.2. The molecule has 0 heterocycles. The van der Waals surface area contributed by atoms with E-state index in [0.717, 1.165) is 0 Å². The summed E-state index contributed by atoms with van der Waals surface area (Å²) in [6.45, 7) is 0. The Morgan fingerprint density at radius 2 is 1.75 bits per heavy atom. The van der Waals surface area contributed by atoms with Gasteiger partial charge >= 0.3 is 18.9 Å². The minimum absolute atomic E-state index is 0. The van der Waals surface area contributed by atoms with Crippen LogP contribution in [-0.2, 0) is 0 Å². The largest absolute Gasteiger partial charge is 1.00 e. The second-order valence-electron chi connectivity index (χ2n) is 2.03. The third kappa shape index (κ3) is 2.54. The number of benzene rings is 1. The molecule has 0 atom stereocenters. The van der Waals surface area contributed by atoms with E-state index in [1.165, 1.54) is 24.3 Å². The zero-order valence-corrected chi connectivity index (χ0v) is 6.61. The second kappa shape index (κ2) is 4.76. The van der Waals surface area contributed by atoms with Crippen LogP contribution < -0.4 is 24.0 Å². The maximum absolute atomic E-state index is 10.2. The molecule has 0 aliphatic carbocycles. The Hall–Kier alpha value is -1.04. The average Bonchev–Trinajstić information content (AvgIpc) is 2.05. The van der Waals surface area contributed by atoms with Gasteiger partial charge < -0.3 is 9.90 Å². The summed E-state index contributed by atoms with van der Waals surface area (Å²) >= 11 is 0. The Labute approximate surface area is 81.6 Å². The molecule has 56 valence electrons. The Morgan fingerprint density at radius 1 is 1.25 bits per heavy atom. The molecule has 0 aliphatic rings. The van der Waals surface area contributed by atoms with E-state index in [1.807, 2.05) is 0 Å². The number of carbonyl (C=O) groups excluding carboxylic acids is 2. The van der Waals surface area contributed by atoms with Crippen molar-refractivity contribution in [2.45, 2.75) is 0 Å². The van der Waals surface area contributed by atoms with Crippen LogP contribution in [0.2, 0.25) is 0 Å². The van der Waals surface area contributed by atoms with Crippen LogP contribution in [0, 0.1) is 0 Å². The van der Waals surface area contributed by atoms with Crippen LogP contribution in [0.25, 0.3) is 0 Å². The fraction of sp³-hybridized carbons (Fsp3) is 0. The number of hydrogen-bond donors (Lipinski definition) is 0. The number of hydrogen-bond acceptors (Lipinski definition) is 3. The van der Waals surface area contributed by atoms with E-state index in [9.17, 15) is 14.7 Å². The van der Waals surface area contributed by atoms with Crippen molar-refractivity contribution in [2.75, 3.05) is 0 Å². The van der Waals surface area contributed by atoms with Gasteiger partial charge in [0.25, 0.3) is 0 Å². The van der Waals surface area contributed by atoms with Gasteiger partial charge in [-0.05, 0) is 5.56 Å². The molecule has 0 aliphatic heterocycles. The zero-order chi connectivity index (χ0) is 8.27. The first-order chi connectivity index (χ1) is 5.24. The fourth-order valence-corrected chi connectivity index (χ4v) is 0.698. The molecular weight excluding hydrogens is 151 g/mol. The van der Waals surface area contributed by atoms with Gasteiger partial charge in [-0.3, -0.25) is 4.79 Å². The van der Waals surface area contributed by atoms with E-state index in [1.54, 1.807) is 0 Å². The summed E-state index contributed by atoms with van der Waals surface area (Å²) in [5.74, 6) is -1.23. The number of carboxylic acid groups (broad SMARTS) is 1. The Balaban J connectivity index is 0.00000121. The summed E-state index contributed by atoms with van der Waals surface area (Å²) in [7, 11) is 0. The number of carboxylic acids is 1. The number of aldehydes is 1. The molecule has 0 N–H and O–H groups in total. The molecule has 4 heteroatoms. The molecule has 3 nitrogen and oxygen atoms in total. The molecule has 0 saturated heterocycles. The van der Waals surface area contributed by atoms with Crippen molar-refractivity contribution in [3.05, 3.63) is 35.4 Å². The minimum atomic E-state index is -1.23. The smallest absolute Gasteiger partial charge is 0.545 e. The van der Waals surface area contributed by atoms with Gasteiger partial charge in [0.1, 0.15) is 6.29 Å². The monoisotopic (exact) mass is 156 g/mol. The van der Waals surface area contributed by atoms with E-state index >= 15 is 0 Å². The number of carbonyl (C=O) groups is 2. The third-order valence-electron chi connectivity index (χ3n) is 1.28. The molecule has 1 aromatic rings. The Kier molecular flexibility index (Phi) is 4.35. The second-order valence-corrected chi connectivity index (χ2v) is 2.03. The molecular formula is C8H5LiO3. The van der Waals surface area contributed by atoms with Crippen molar-refractivity contribution in [2.24, 2.45) is 0 Å². The molecule has 0 unspecified atom stereocenters. The van der Waals surface area contributed by atoms with E-state index in [-0.39, 0.29) is 24.4 Å². The van der Waals surface area contributed by atoms with Crippen molar-refractivity contribution < 1.29 is 33.6 Å². The molecule has 0 radical (unpaired) electrons. The molecule has 0 fully saturated rings. The van der Waals surface area contributed by atoms with Crippen molar-refractivity contribution in [1.29, 1.82) is 0 Å². The summed E-state index contributed by atoms with van der Waals surface area (Å²) < 4.78 is 0. The Morgan fingerprint density at radius 3 is 2.08 bits per heavy atom. The summed E-state index contributed by atoms with van der Waals surface area (Å²) in [6, 6.07) is 5.52. The van der Waals surface area contributed by atoms with Gasteiger partial charge in [0, 0.05) is 5.56 Å². The zero-order valence-electron chi connectivity index (χ0n) is 6.61. The number of aromatic carboxylic acids is 1. The Bertz CT molecular complexity index is 279. The molecule has 12 heavy (non-hydrogen) atoms. The SMILES string of the molecule is O=Cc1ccc(C(=O)[O-])cc1.[Li+]. The van der Waals surface area contributed by atoms with Crippen LogP contribution in [0.5, 0.6) is 0 Å². The first-order valence-corrected chi connectivity index (χ1v) is 3.00. The first-order valence-electron chi connectivity index (χ1n) is 3.00. The third-order valence-corrected chi connectivity index (χ3v) is 1.28. The van der Waals surface area contributed by atoms with E-state index in [0.29, 0.717) is 11.8 Å². The van der Waals surface area contributed by atoms with Crippen molar-refractivity contribution >= 4 is 12.3 Å². The molecule has 0 aromatic heterocycles. The van der Waals surface area contributed by atoms with Crippen LogP contribution in [-0.4, -0.2) is 12.3 Å². The van der Waals surface area contributed by atoms with E-state index < -0.39 is 5.97 Å². The quantitative estimate of drug-likeness (QED) is 0.336. The van der Waals surface area contributed by atoms with Gasteiger partial charge in [0.2, 0.25) is 0 Å². The molecule has 0 bridgehead atoms. The summed E-state index contributed by atoms with van der Waals surface area (Å²) in [6.07, 6.45) is 0.652. The van der Waals surface area contributed by atoms with Crippen LogP contribution in [0.4, 0.5) is 0 Å². The van der Waals surface area contributed by atoms with Crippen LogP contribution >= 0.6 is 0 Å². The maximum Gasteiger partial charge on any atom is 1.00 e. The van der Waals surface area contributed by atoms with E-state index in [2.05, 4.69) is 0 Å². The topological polar surface area (TPSA) is 57.2 Å². The standard InChI is InChI=1S/C8H6O3.Li/c9-5-6-1-3-7(4-2-6)8(10)11;/h1-5H,(H,10,11);/q;+1/p-1.